The molecule has 0 N–H and O–H groups in total. The Morgan fingerprint density at radius 1 is 1.24 bits per heavy atom. The van der Waals surface area contributed by atoms with Gasteiger partial charge < -0.3 is 18.3 Å². The van der Waals surface area contributed by atoms with Gasteiger partial charge in [0.25, 0.3) is 0 Å². The molecule has 1 aliphatic rings. The van der Waals surface area contributed by atoms with Crippen molar-refractivity contribution in [1.82, 2.24) is 0 Å². The van der Waals surface area contributed by atoms with Gasteiger partial charge in [-0.1, -0.05) is 13.8 Å². The molecule has 17 heavy (non-hydrogen) atoms. The average Bonchev–Trinajstić information content (AvgIpc) is 3.14. The van der Waals surface area contributed by atoms with E-state index in [1.54, 1.807) is 0 Å². The van der Waals surface area contributed by atoms with E-state index in [1.807, 2.05) is 0 Å². The van der Waals surface area contributed by atoms with Crippen molar-refractivity contribution in [3.63, 3.8) is 0 Å². The zero-order chi connectivity index (χ0) is 12.7. The Morgan fingerprint density at radius 2 is 1.76 bits per heavy atom. The molecule has 0 aliphatic carbocycles. The van der Waals surface area contributed by atoms with E-state index >= 15 is 0 Å². The summed E-state index contributed by atoms with van der Waals surface area (Å²) in [6.45, 7) is 11.4. The fraction of sp³-hybridized carbons (Fsp3) is 1.00. The van der Waals surface area contributed by atoms with Crippen LogP contribution in [0.2, 0.25) is 6.55 Å². The molecule has 0 aromatic rings. The molecule has 0 spiro atoms. The normalized spacial score (nSPS) is 21.5. The smallest absolute Gasteiger partial charge is 0.364 e. The largest absolute Gasteiger partial charge is 0.393 e. The standard InChI is InChI=1S/C12H26O4Si/c1-5-7-15-17(4,16-8-6-2)11(3)13-9-12-10-14-12/h11-12H,5-10H2,1-4H3. The van der Waals surface area contributed by atoms with Gasteiger partial charge in [-0.3, -0.25) is 0 Å². The summed E-state index contributed by atoms with van der Waals surface area (Å²) < 4.78 is 22.8. The highest BCUT2D eigenvalue weighted by Crippen LogP contribution is 2.19. The zero-order valence-corrected chi connectivity index (χ0v) is 12.5. The first-order valence-electron chi connectivity index (χ1n) is 6.63. The zero-order valence-electron chi connectivity index (χ0n) is 11.5. The molecule has 0 radical (unpaired) electrons. The number of epoxide rings is 1. The maximum absolute atomic E-state index is 5.95. The van der Waals surface area contributed by atoms with E-state index in [4.69, 9.17) is 18.3 Å². The van der Waals surface area contributed by atoms with Crippen LogP contribution in [0.1, 0.15) is 33.6 Å². The first kappa shape index (κ1) is 15.1. The summed E-state index contributed by atoms with van der Waals surface area (Å²) >= 11 is 0. The van der Waals surface area contributed by atoms with E-state index in [9.17, 15) is 0 Å². The summed E-state index contributed by atoms with van der Waals surface area (Å²) in [6.07, 6.45) is 2.32. The second kappa shape index (κ2) is 7.48. The third kappa shape index (κ3) is 5.48. The Morgan fingerprint density at radius 3 is 2.18 bits per heavy atom. The maximum Gasteiger partial charge on any atom is 0.364 e. The maximum atomic E-state index is 5.95. The number of hydrogen-bond acceptors (Lipinski definition) is 4. The van der Waals surface area contributed by atoms with Crippen molar-refractivity contribution in [2.45, 2.75) is 52.0 Å². The van der Waals surface area contributed by atoms with Gasteiger partial charge in [0.15, 0.2) is 0 Å². The van der Waals surface area contributed by atoms with Gasteiger partial charge in [0.2, 0.25) is 0 Å². The van der Waals surface area contributed by atoms with Gasteiger partial charge in [0, 0.05) is 13.2 Å². The number of rotatable bonds is 10. The topological polar surface area (TPSA) is 40.2 Å². The Bertz CT molecular complexity index is 201. The summed E-state index contributed by atoms with van der Waals surface area (Å²) in [5, 5.41) is 0. The monoisotopic (exact) mass is 262 g/mol. The second-order valence-electron chi connectivity index (χ2n) is 4.64. The highest BCUT2D eigenvalue weighted by atomic mass is 28.4. The van der Waals surface area contributed by atoms with Crippen LogP contribution in [0.5, 0.6) is 0 Å². The molecule has 5 heteroatoms. The minimum Gasteiger partial charge on any atom is -0.393 e. The van der Waals surface area contributed by atoms with Crippen molar-refractivity contribution in [2.24, 2.45) is 0 Å². The van der Waals surface area contributed by atoms with Crippen LogP contribution in [-0.4, -0.2) is 46.8 Å². The van der Waals surface area contributed by atoms with E-state index < -0.39 is 8.56 Å². The predicted molar refractivity (Wildman–Crippen MR) is 69.3 cm³/mol. The summed E-state index contributed by atoms with van der Waals surface area (Å²) in [6, 6.07) is 0. The van der Waals surface area contributed by atoms with E-state index in [-0.39, 0.29) is 5.73 Å². The van der Waals surface area contributed by atoms with Crippen molar-refractivity contribution in [3.8, 4) is 0 Å². The quantitative estimate of drug-likeness (QED) is 0.447. The Balaban J connectivity index is 2.39. The van der Waals surface area contributed by atoms with Gasteiger partial charge in [-0.2, -0.15) is 0 Å². The molecule has 1 fully saturated rings. The summed E-state index contributed by atoms with van der Waals surface area (Å²) in [7, 11) is -2.21. The lowest BCUT2D eigenvalue weighted by Gasteiger charge is -2.32. The van der Waals surface area contributed by atoms with Crippen LogP contribution in [0.4, 0.5) is 0 Å². The van der Waals surface area contributed by atoms with Crippen LogP contribution in [0, 0.1) is 0 Å². The van der Waals surface area contributed by atoms with Crippen LogP contribution < -0.4 is 0 Å². The molecule has 0 bridgehead atoms. The molecule has 2 unspecified atom stereocenters. The molecular weight excluding hydrogens is 236 g/mol. The minimum absolute atomic E-state index is 0.0461. The van der Waals surface area contributed by atoms with Gasteiger partial charge in [-0.25, -0.2) is 0 Å². The van der Waals surface area contributed by atoms with Crippen LogP contribution in [0.3, 0.4) is 0 Å². The fourth-order valence-corrected chi connectivity index (χ4v) is 3.62. The average molecular weight is 262 g/mol. The fourth-order valence-electron chi connectivity index (χ4n) is 1.45. The Kier molecular flexibility index (Phi) is 6.65. The highest BCUT2D eigenvalue weighted by Gasteiger charge is 2.40. The van der Waals surface area contributed by atoms with Gasteiger partial charge in [0.1, 0.15) is 6.10 Å². The molecule has 2 atom stereocenters. The summed E-state index contributed by atoms with van der Waals surface area (Å²) in [5.41, 5.74) is 0.0461. The van der Waals surface area contributed by atoms with Gasteiger partial charge in [0.05, 0.1) is 18.9 Å². The van der Waals surface area contributed by atoms with Crippen molar-refractivity contribution >= 4 is 8.56 Å². The van der Waals surface area contributed by atoms with Gasteiger partial charge in [-0.15, -0.1) is 0 Å². The van der Waals surface area contributed by atoms with Crippen LogP contribution in [0.15, 0.2) is 0 Å². The molecule has 0 aromatic heterocycles. The first-order chi connectivity index (χ1) is 8.12. The third-order valence-electron chi connectivity index (χ3n) is 2.86. The number of hydrogen-bond donors (Lipinski definition) is 0. The van der Waals surface area contributed by atoms with Gasteiger partial charge in [-0.05, 0) is 26.3 Å². The van der Waals surface area contributed by atoms with Crippen molar-refractivity contribution in [3.05, 3.63) is 0 Å². The molecule has 0 aromatic carbocycles. The predicted octanol–water partition coefficient (Wildman–Crippen LogP) is 2.25. The molecule has 0 saturated carbocycles. The van der Waals surface area contributed by atoms with E-state index in [0.717, 1.165) is 32.7 Å². The van der Waals surface area contributed by atoms with Crippen molar-refractivity contribution in [2.75, 3.05) is 26.4 Å². The van der Waals surface area contributed by atoms with Crippen molar-refractivity contribution in [1.29, 1.82) is 0 Å². The van der Waals surface area contributed by atoms with Gasteiger partial charge >= 0.3 is 8.56 Å². The molecule has 4 nitrogen and oxygen atoms in total. The molecule has 1 rings (SSSR count). The third-order valence-corrected chi connectivity index (χ3v) is 6.06. The van der Waals surface area contributed by atoms with Crippen LogP contribution >= 0.6 is 0 Å². The van der Waals surface area contributed by atoms with E-state index in [0.29, 0.717) is 12.7 Å². The van der Waals surface area contributed by atoms with Crippen LogP contribution in [-0.2, 0) is 18.3 Å². The lowest BCUT2D eigenvalue weighted by Crippen LogP contribution is -2.51. The molecule has 102 valence electrons. The Labute approximate surface area is 106 Å². The molecule has 1 aliphatic heterocycles. The summed E-state index contributed by atoms with van der Waals surface area (Å²) in [5.74, 6) is 0. The van der Waals surface area contributed by atoms with Crippen molar-refractivity contribution < 1.29 is 18.3 Å². The summed E-state index contributed by atoms with van der Waals surface area (Å²) in [4.78, 5) is 0. The van der Waals surface area contributed by atoms with Crippen LogP contribution in [0.25, 0.3) is 0 Å². The molecule has 1 heterocycles. The lowest BCUT2D eigenvalue weighted by molar-refractivity contribution is 0.0470. The van der Waals surface area contributed by atoms with E-state index in [1.165, 1.54) is 0 Å². The highest BCUT2D eigenvalue weighted by molar-refractivity contribution is 6.67. The molecular formula is C12H26O4Si. The molecule has 1 saturated heterocycles. The first-order valence-corrected chi connectivity index (χ1v) is 9.02. The Hall–Kier alpha value is 0.0569. The number of ether oxygens (including phenoxy) is 2. The SMILES string of the molecule is CCCO[Si](C)(OCCC)C(C)OCC1CO1. The molecule has 0 amide bonds. The minimum atomic E-state index is -2.21. The lowest BCUT2D eigenvalue weighted by atomic mass is 10.5. The van der Waals surface area contributed by atoms with E-state index in [2.05, 4.69) is 27.3 Å². The second-order valence-corrected chi connectivity index (χ2v) is 8.07.